The predicted molar refractivity (Wildman–Crippen MR) is 69.3 cm³/mol. The zero-order chi connectivity index (χ0) is 13.8. The standard InChI is InChI=1S/C13H10ClNO4/c1-18-11-3-2-6-15-12(11)19-10-5-4-8(13(16)17)7-9(10)14/h2-7H,1H3,(H,16,17). The van der Waals surface area contributed by atoms with Gasteiger partial charge in [0.25, 0.3) is 5.88 Å². The fourth-order valence-corrected chi connectivity index (χ4v) is 1.65. The van der Waals surface area contributed by atoms with Crippen LogP contribution in [0.5, 0.6) is 17.4 Å². The number of halogens is 1. The molecule has 1 heterocycles. The highest BCUT2D eigenvalue weighted by Gasteiger charge is 2.11. The van der Waals surface area contributed by atoms with Crippen molar-refractivity contribution in [2.75, 3.05) is 7.11 Å². The van der Waals surface area contributed by atoms with Gasteiger partial charge in [0.2, 0.25) is 0 Å². The number of carboxylic acids is 1. The number of nitrogens with zero attached hydrogens (tertiary/aromatic N) is 1. The van der Waals surface area contributed by atoms with Crippen molar-refractivity contribution in [2.45, 2.75) is 0 Å². The molecule has 1 aromatic carbocycles. The van der Waals surface area contributed by atoms with Crippen LogP contribution in [0.2, 0.25) is 5.02 Å². The Labute approximate surface area is 114 Å². The topological polar surface area (TPSA) is 68.7 Å². The summed E-state index contributed by atoms with van der Waals surface area (Å²) in [4.78, 5) is 14.8. The number of carboxylic acid groups (broad SMARTS) is 1. The van der Waals surface area contributed by atoms with Crippen LogP contribution < -0.4 is 9.47 Å². The van der Waals surface area contributed by atoms with Gasteiger partial charge in [0.05, 0.1) is 17.7 Å². The zero-order valence-electron chi connectivity index (χ0n) is 9.96. The van der Waals surface area contributed by atoms with Gasteiger partial charge in [-0.15, -0.1) is 0 Å². The Kier molecular flexibility index (Phi) is 3.87. The number of pyridine rings is 1. The molecule has 0 amide bonds. The molecule has 1 N–H and O–H groups in total. The van der Waals surface area contributed by atoms with Crippen LogP contribution in [0.4, 0.5) is 0 Å². The zero-order valence-corrected chi connectivity index (χ0v) is 10.7. The minimum absolute atomic E-state index is 0.0883. The molecule has 1 aromatic heterocycles. The first kappa shape index (κ1) is 13.2. The number of carbonyl (C=O) groups is 1. The fraction of sp³-hybridized carbons (Fsp3) is 0.0769. The fourth-order valence-electron chi connectivity index (χ4n) is 1.43. The Morgan fingerprint density at radius 3 is 2.74 bits per heavy atom. The molecule has 0 spiro atoms. The van der Waals surface area contributed by atoms with Crippen molar-refractivity contribution < 1.29 is 19.4 Å². The maximum atomic E-state index is 10.8. The Bertz CT molecular complexity index is 615. The normalized spacial score (nSPS) is 10.0. The molecule has 0 aliphatic heterocycles. The van der Waals surface area contributed by atoms with E-state index >= 15 is 0 Å². The quantitative estimate of drug-likeness (QED) is 0.930. The molecule has 0 aliphatic carbocycles. The van der Waals surface area contributed by atoms with Gasteiger partial charge >= 0.3 is 5.97 Å². The first-order chi connectivity index (χ1) is 9.11. The van der Waals surface area contributed by atoms with E-state index in [0.29, 0.717) is 11.5 Å². The lowest BCUT2D eigenvalue weighted by atomic mass is 10.2. The number of rotatable bonds is 4. The van der Waals surface area contributed by atoms with Crippen molar-refractivity contribution in [3.8, 4) is 17.4 Å². The number of aromatic carboxylic acids is 1. The molecule has 5 nitrogen and oxygen atoms in total. The van der Waals surface area contributed by atoms with E-state index < -0.39 is 5.97 Å². The minimum atomic E-state index is -1.05. The third-order valence-corrected chi connectivity index (χ3v) is 2.64. The molecule has 0 unspecified atom stereocenters. The van der Waals surface area contributed by atoms with E-state index in [9.17, 15) is 4.79 Å². The lowest BCUT2D eigenvalue weighted by Gasteiger charge is -2.10. The van der Waals surface area contributed by atoms with Crippen molar-refractivity contribution in [1.82, 2.24) is 4.98 Å². The van der Waals surface area contributed by atoms with E-state index in [0.717, 1.165) is 0 Å². The summed E-state index contributed by atoms with van der Waals surface area (Å²) < 4.78 is 10.6. The Balaban J connectivity index is 2.31. The lowest BCUT2D eigenvalue weighted by Crippen LogP contribution is -1.97. The highest BCUT2D eigenvalue weighted by Crippen LogP contribution is 2.33. The maximum absolute atomic E-state index is 10.8. The third-order valence-electron chi connectivity index (χ3n) is 2.34. The van der Waals surface area contributed by atoms with Gasteiger partial charge in [-0.25, -0.2) is 9.78 Å². The Hall–Kier alpha value is -2.27. The van der Waals surface area contributed by atoms with Gasteiger partial charge in [-0.05, 0) is 30.3 Å². The molecule has 0 bridgehead atoms. The summed E-state index contributed by atoms with van der Waals surface area (Å²) in [5, 5.41) is 9.03. The third kappa shape index (κ3) is 2.95. The first-order valence-electron chi connectivity index (χ1n) is 5.31. The predicted octanol–water partition coefficient (Wildman–Crippen LogP) is 3.23. The molecule has 2 rings (SSSR count). The van der Waals surface area contributed by atoms with Crippen LogP contribution in [-0.4, -0.2) is 23.2 Å². The molecule has 0 saturated carbocycles. The van der Waals surface area contributed by atoms with E-state index in [2.05, 4.69) is 4.98 Å². The summed E-state index contributed by atoms with van der Waals surface area (Å²) >= 11 is 5.96. The van der Waals surface area contributed by atoms with Gasteiger partial charge in [0.1, 0.15) is 5.75 Å². The second kappa shape index (κ2) is 5.58. The summed E-state index contributed by atoms with van der Waals surface area (Å²) in [7, 11) is 1.50. The van der Waals surface area contributed by atoms with Gasteiger partial charge in [-0.1, -0.05) is 11.6 Å². The Morgan fingerprint density at radius 2 is 2.11 bits per heavy atom. The Morgan fingerprint density at radius 1 is 1.32 bits per heavy atom. The first-order valence-corrected chi connectivity index (χ1v) is 5.69. The highest BCUT2D eigenvalue weighted by molar-refractivity contribution is 6.32. The molecule has 0 fully saturated rings. The number of benzene rings is 1. The number of ether oxygens (including phenoxy) is 2. The summed E-state index contributed by atoms with van der Waals surface area (Å²) in [5.41, 5.74) is 0.0883. The van der Waals surface area contributed by atoms with Crippen molar-refractivity contribution in [1.29, 1.82) is 0 Å². The van der Waals surface area contributed by atoms with Crippen LogP contribution in [0.3, 0.4) is 0 Å². The number of hydrogen-bond acceptors (Lipinski definition) is 4. The largest absolute Gasteiger partial charge is 0.491 e. The molecule has 2 aromatic rings. The van der Waals surface area contributed by atoms with E-state index in [4.69, 9.17) is 26.2 Å². The van der Waals surface area contributed by atoms with Crippen LogP contribution in [0, 0.1) is 0 Å². The van der Waals surface area contributed by atoms with Crippen LogP contribution in [0.25, 0.3) is 0 Å². The van der Waals surface area contributed by atoms with Gasteiger partial charge < -0.3 is 14.6 Å². The second-order valence-corrected chi connectivity index (χ2v) is 3.97. The van der Waals surface area contributed by atoms with E-state index in [1.807, 2.05) is 0 Å². The van der Waals surface area contributed by atoms with Crippen LogP contribution in [0.15, 0.2) is 36.5 Å². The van der Waals surface area contributed by atoms with E-state index in [1.165, 1.54) is 25.3 Å². The summed E-state index contributed by atoms with van der Waals surface area (Å²) in [6.07, 6.45) is 1.55. The van der Waals surface area contributed by atoms with Crippen molar-refractivity contribution in [3.63, 3.8) is 0 Å². The highest BCUT2D eigenvalue weighted by atomic mass is 35.5. The summed E-state index contributed by atoms with van der Waals surface area (Å²) in [6, 6.07) is 7.59. The van der Waals surface area contributed by atoms with Gasteiger partial charge in [-0.2, -0.15) is 0 Å². The average Bonchev–Trinajstić information content (AvgIpc) is 2.41. The van der Waals surface area contributed by atoms with Crippen molar-refractivity contribution in [3.05, 3.63) is 47.1 Å². The molecule has 0 aliphatic rings. The monoisotopic (exact) mass is 279 g/mol. The van der Waals surface area contributed by atoms with Gasteiger partial charge in [0, 0.05) is 6.20 Å². The molecule has 98 valence electrons. The van der Waals surface area contributed by atoms with Crippen LogP contribution in [0.1, 0.15) is 10.4 Å². The molecule has 19 heavy (non-hydrogen) atoms. The molecule has 0 atom stereocenters. The lowest BCUT2D eigenvalue weighted by molar-refractivity contribution is 0.0697. The summed E-state index contributed by atoms with van der Waals surface area (Å²) in [6.45, 7) is 0. The van der Waals surface area contributed by atoms with Gasteiger partial charge in [0.15, 0.2) is 5.75 Å². The smallest absolute Gasteiger partial charge is 0.335 e. The second-order valence-electron chi connectivity index (χ2n) is 3.56. The van der Waals surface area contributed by atoms with Crippen LogP contribution in [-0.2, 0) is 0 Å². The van der Waals surface area contributed by atoms with Crippen molar-refractivity contribution >= 4 is 17.6 Å². The number of methoxy groups -OCH3 is 1. The maximum Gasteiger partial charge on any atom is 0.335 e. The van der Waals surface area contributed by atoms with Crippen LogP contribution >= 0.6 is 11.6 Å². The molecular weight excluding hydrogens is 270 g/mol. The van der Waals surface area contributed by atoms with E-state index in [1.54, 1.807) is 18.3 Å². The molecule has 6 heteroatoms. The molecule has 0 radical (unpaired) electrons. The summed E-state index contributed by atoms with van der Waals surface area (Å²) in [5.74, 6) is -0.0246. The molecular formula is C13H10ClNO4. The van der Waals surface area contributed by atoms with Crippen molar-refractivity contribution in [2.24, 2.45) is 0 Å². The number of aromatic nitrogens is 1. The average molecular weight is 280 g/mol. The van der Waals surface area contributed by atoms with Gasteiger partial charge in [-0.3, -0.25) is 0 Å². The minimum Gasteiger partial charge on any atom is -0.491 e. The molecule has 0 saturated heterocycles. The number of hydrogen-bond donors (Lipinski definition) is 1. The van der Waals surface area contributed by atoms with E-state index in [-0.39, 0.29) is 16.5 Å². The SMILES string of the molecule is COc1cccnc1Oc1ccc(C(=O)O)cc1Cl.